The summed E-state index contributed by atoms with van der Waals surface area (Å²) in [7, 11) is 1.50. The van der Waals surface area contributed by atoms with E-state index in [1.54, 1.807) is 6.92 Å². The molecular formula is C18H27N3O8. The number of hydrogen-bond acceptors (Lipinski definition) is 10. The lowest BCUT2D eigenvalue weighted by atomic mass is 10.1. The van der Waals surface area contributed by atoms with Gasteiger partial charge in [-0.15, -0.1) is 0 Å². The summed E-state index contributed by atoms with van der Waals surface area (Å²) in [5, 5.41) is 10.6. The van der Waals surface area contributed by atoms with Crippen LogP contribution in [0.25, 0.3) is 0 Å². The van der Waals surface area contributed by atoms with E-state index in [9.17, 15) is 19.5 Å². The second kappa shape index (κ2) is 10.4. The smallest absolute Gasteiger partial charge is 0.351 e. The fourth-order valence-corrected chi connectivity index (χ4v) is 2.81. The summed E-state index contributed by atoms with van der Waals surface area (Å²) in [6.45, 7) is 3.23. The van der Waals surface area contributed by atoms with E-state index in [-0.39, 0.29) is 44.3 Å². The van der Waals surface area contributed by atoms with Crippen LogP contribution in [0.5, 0.6) is 0 Å². The average Bonchev–Trinajstić information content (AvgIpc) is 2.97. The molecule has 0 aromatic carbocycles. The van der Waals surface area contributed by atoms with Gasteiger partial charge in [0.25, 0.3) is 0 Å². The largest absolute Gasteiger partial charge is 0.463 e. The van der Waals surface area contributed by atoms with Crippen LogP contribution in [0, 0.1) is 6.92 Å². The van der Waals surface area contributed by atoms with Crippen molar-refractivity contribution < 1.29 is 33.6 Å². The zero-order chi connectivity index (χ0) is 21.6. The van der Waals surface area contributed by atoms with Gasteiger partial charge in [-0.2, -0.15) is 4.98 Å². The van der Waals surface area contributed by atoms with E-state index in [0.29, 0.717) is 5.56 Å². The van der Waals surface area contributed by atoms with Gasteiger partial charge < -0.3 is 34.6 Å². The van der Waals surface area contributed by atoms with Gasteiger partial charge >= 0.3 is 11.7 Å². The number of Topliss-reactive ketones (excluding diaryl/α,β-unsaturated/α-hetero) is 1. The quantitative estimate of drug-likeness (QED) is 0.373. The molecule has 0 amide bonds. The maximum Gasteiger partial charge on any atom is 0.351 e. The topological polar surface area (TPSA) is 152 Å². The number of hydrogen-bond donors (Lipinski definition) is 2. The fourth-order valence-electron chi connectivity index (χ4n) is 2.81. The highest BCUT2D eigenvalue weighted by atomic mass is 16.6. The minimum atomic E-state index is -1.18. The molecule has 162 valence electrons. The van der Waals surface area contributed by atoms with Crippen molar-refractivity contribution in [3.63, 3.8) is 0 Å². The number of ketones is 1. The molecule has 1 aliphatic rings. The van der Waals surface area contributed by atoms with Crippen molar-refractivity contribution in [3.05, 3.63) is 22.2 Å². The van der Waals surface area contributed by atoms with Crippen LogP contribution in [0.2, 0.25) is 0 Å². The fraction of sp³-hybridized carbons (Fsp3) is 0.667. The lowest BCUT2D eigenvalue weighted by Gasteiger charge is -2.22. The number of nitrogen functional groups attached to an aromatic ring is 1. The first-order valence-electron chi connectivity index (χ1n) is 9.19. The molecule has 0 unspecified atom stereocenters. The van der Waals surface area contributed by atoms with E-state index in [1.165, 1.54) is 24.8 Å². The van der Waals surface area contributed by atoms with Gasteiger partial charge in [-0.05, 0) is 13.8 Å². The van der Waals surface area contributed by atoms with Gasteiger partial charge in [0.15, 0.2) is 6.23 Å². The van der Waals surface area contributed by atoms with E-state index >= 15 is 0 Å². The van der Waals surface area contributed by atoms with Crippen LogP contribution in [0.15, 0.2) is 11.0 Å². The molecule has 11 nitrogen and oxygen atoms in total. The number of aliphatic hydroxyl groups excluding tert-OH is 1. The first-order chi connectivity index (χ1) is 13.7. The summed E-state index contributed by atoms with van der Waals surface area (Å²) < 4.78 is 22.7. The molecule has 11 heteroatoms. The number of aromatic nitrogens is 2. The van der Waals surface area contributed by atoms with Gasteiger partial charge in [-0.3, -0.25) is 9.36 Å². The molecule has 2 rings (SSSR count). The summed E-state index contributed by atoms with van der Waals surface area (Å²) in [5.41, 5.74) is 5.55. The Labute approximate surface area is 167 Å². The lowest BCUT2D eigenvalue weighted by Crippen LogP contribution is -2.39. The third-order valence-corrected chi connectivity index (χ3v) is 4.45. The summed E-state index contributed by atoms with van der Waals surface area (Å²) in [5.74, 6) is -0.618. The first kappa shape index (κ1) is 22.9. The zero-order valence-electron chi connectivity index (χ0n) is 16.7. The van der Waals surface area contributed by atoms with E-state index in [1.807, 2.05) is 0 Å². The molecule has 29 heavy (non-hydrogen) atoms. The minimum Gasteiger partial charge on any atom is -0.463 e. The normalized spacial score (nSPS) is 23.9. The van der Waals surface area contributed by atoms with Crippen molar-refractivity contribution in [2.24, 2.45) is 0 Å². The Morgan fingerprint density at radius 1 is 1.34 bits per heavy atom. The number of nitrogens with zero attached hydrogens (tertiary/aromatic N) is 2. The number of esters is 1. The molecule has 0 aliphatic carbocycles. The van der Waals surface area contributed by atoms with Gasteiger partial charge in [0.1, 0.15) is 36.5 Å². The van der Waals surface area contributed by atoms with Crippen LogP contribution in [0.3, 0.4) is 0 Å². The highest BCUT2D eigenvalue weighted by Gasteiger charge is 2.46. The number of anilines is 1. The predicted octanol–water partition coefficient (Wildman–Crippen LogP) is -0.664. The van der Waals surface area contributed by atoms with Gasteiger partial charge in [-0.25, -0.2) is 4.79 Å². The van der Waals surface area contributed by atoms with Gasteiger partial charge in [0.05, 0.1) is 19.6 Å². The van der Waals surface area contributed by atoms with Gasteiger partial charge in [0.2, 0.25) is 0 Å². The SMILES string of the molecule is COCCO[C@@H]1[C@H](O)[C@@H](COC(=O)CCC(C)=O)O[C@H]1n1cc(C)c(N)nc1=O. The molecule has 1 aliphatic heterocycles. The molecule has 0 spiro atoms. The van der Waals surface area contributed by atoms with Crippen LogP contribution in [-0.4, -0.2) is 71.7 Å². The minimum absolute atomic E-state index is 0.0596. The van der Waals surface area contributed by atoms with Crippen molar-refractivity contribution in [2.75, 3.05) is 32.7 Å². The summed E-state index contributed by atoms with van der Waals surface area (Å²) >= 11 is 0. The molecule has 4 atom stereocenters. The molecule has 1 aromatic heterocycles. The molecule has 3 N–H and O–H groups in total. The Kier molecular flexibility index (Phi) is 8.26. The first-order valence-corrected chi connectivity index (χ1v) is 9.19. The maximum atomic E-state index is 12.3. The van der Waals surface area contributed by atoms with E-state index < -0.39 is 36.2 Å². The Bertz CT molecular complexity index is 781. The molecule has 1 fully saturated rings. The van der Waals surface area contributed by atoms with Crippen LogP contribution in [-0.2, 0) is 28.5 Å². The van der Waals surface area contributed by atoms with Crippen molar-refractivity contribution in [2.45, 2.75) is 51.2 Å². The number of rotatable bonds is 10. The molecule has 1 saturated heterocycles. The third kappa shape index (κ3) is 6.07. The Hall–Kier alpha value is -2.34. The van der Waals surface area contributed by atoms with Crippen molar-refractivity contribution in [1.82, 2.24) is 9.55 Å². The average molecular weight is 413 g/mol. The molecule has 2 heterocycles. The number of aliphatic hydroxyl groups is 1. The lowest BCUT2D eigenvalue weighted by molar-refractivity contribution is -0.151. The molecular weight excluding hydrogens is 386 g/mol. The molecule has 0 bridgehead atoms. The van der Waals surface area contributed by atoms with E-state index in [2.05, 4.69) is 4.98 Å². The highest BCUT2D eigenvalue weighted by molar-refractivity contribution is 5.80. The van der Waals surface area contributed by atoms with Crippen LogP contribution >= 0.6 is 0 Å². The third-order valence-electron chi connectivity index (χ3n) is 4.45. The predicted molar refractivity (Wildman–Crippen MR) is 100 cm³/mol. The maximum absolute atomic E-state index is 12.3. The number of carbonyl (C=O) groups excluding carboxylic acids is 2. The monoisotopic (exact) mass is 413 g/mol. The summed E-state index contributed by atoms with van der Waals surface area (Å²) in [4.78, 5) is 38.8. The Morgan fingerprint density at radius 2 is 2.07 bits per heavy atom. The second-order valence-electron chi connectivity index (χ2n) is 6.77. The second-order valence-corrected chi connectivity index (χ2v) is 6.77. The van der Waals surface area contributed by atoms with Crippen LogP contribution in [0.4, 0.5) is 5.82 Å². The van der Waals surface area contributed by atoms with Gasteiger partial charge in [-0.1, -0.05) is 0 Å². The number of ether oxygens (including phenoxy) is 4. The number of aryl methyl sites for hydroxylation is 1. The molecule has 0 radical (unpaired) electrons. The molecule has 1 aromatic rings. The highest BCUT2D eigenvalue weighted by Crippen LogP contribution is 2.31. The number of methoxy groups -OCH3 is 1. The standard InChI is InChI=1S/C18H27N3O8/c1-10-8-21(18(25)20-16(10)19)17-15(27-7-6-26-3)14(24)12(29-17)9-28-13(23)5-4-11(2)22/h8,12,14-15,17,24H,4-7,9H2,1-3H3,(H2,19,20,25)/t12-,14-,15-,17-/m1/s1. The number of nitrogens with two attached hydrogens (primary N) is 1. The van der Waals surface area contributed by atoms with E-state index in [0.717, 1.165) is 0 Å². The Balaban J connectivity index is 2.14. The zero-order valence-corrected chi connectivity index (χ0v) is 16.7. The summed E-state index contributed by atoms with van der Waals surface area (Å²) in [6, 6.07) is 0. The van der Waals surface area contributed by atoms with Crippen molar-refractivity contribution in [1.29, 1.82) is 0 Å². The van der Waals surface area contributed by atoms with Crippen LogP contribution in [0.1, 0.15) is 31.6 Å². The van der Waals surface area contributed by atoms with Gasteiger partial charge in [0, 0.05) is 25.3 Å². The van der Waals surface area contributed by atoms with Crippen molar-refractivity contribution in [3.8, 4) is 0 Å². The van der Waals surface area contributed by atoms with Crippen molar-refractivity contribution >= 4 is 17.6 Å². The number of carbonyl (C=O) groups is 2. The Morgan fingerprint density at radius 3 is 2.72 bits per heavy atom. The molecule has 0 saturated carbocycles. The summed E-state index contributed by atoms with van der Waals surface area (Å²) in [6.07, 6.45) is -2.55. The van der Waals surface area contributed by atoms with Crippen LogP contribution < -0.4 is 11.4 Å². The van der Waals surface area contributed by atoms with E-state index in [4.69, 9.17) is 24.7 Å².